The van der Waals surface area contributed by atoms with Crippen LogP contribution in [0.4, 0.5) is 0 Å². The quantitative estimate of drug-likeness (QED) is 0.466. The summed E-state index contributed by atoms with van der Waals surface area (Å²) in [5, 5.41) is 7.54. The Labute approximate surface area is 96.6 Å². The molecule has 1 N–H and O–H groups in total. The van der Waals surface area contributed by atoms with Crippen molar-refractivity contribution in [3.05, 3.63) is 35.9 Å². The lowest BCUT2D eigenvalue weighted by molar-refractivity contribution is 0.495. The minimum Gasteiger partial charge on any atom is -0.359 e. The summed E-state index contributed by atoms with van der Waals surface area (Å²) in [7, 11) is 1.91. The maximum Gasteiger partial charge on any atom is 0.106 e. The van der Waals surface area contributed by atoms with Crippen LogP contribution < -0.4 is 0 Å². The van der Waals surface area contributed by atoms with Crippen LogP contribution in [0.15, 0.2) is 30.3 Å². The monoisotopic (exact) mass is 230 g/mol. The number of hydrogen-bond donors (Lipinski definition) is 2. The number of halogens is 1. The van der Waals surface area contributed by atoms with Crippen LogP contribution in [0.2, 0.25) is 0 Å². The van der Waals surface area contributed by atoms with E-state index in [0.29, 0.717) is 11.6 Å². The highest BCUT2D eigenvalue weighted by atomic mass is 35.5. The van der Waals surface area contributed by atoms with Crippen molar-refractivity contribution in [3.63, 3.8) is 0 Å². The number of nitrogens with zero attached hydrogens (tertiary/aromatic N) is 1. The lowest BCUT2D eigenvalue weighted by atomic mass is 10.2. The molecule has 0 amide bonds. The molecule has 78 valence electrons. The summed E-state index contributed by atoms with van der Waals surface area (Å²) in [6, 6.07) is 10.1. The smallest absolute Gasteiger partial charge is 0.106 e. The number of rotatable bonds is 3. The second-order valence-electron chi connectivity index (χ2n) is 2.95. The number of thiol groups is 1. The van der Waals surface area contributed by atoms with Crippen molar-refractivity contribution in [1.82, 2.24) is 4.90 Å². The van der Waals surface area contributed by atoms with Gasteiger partial charge in [-0.1, -0.05) is 30.3 Å². The van der Waals surface area contributed by atoms with Gasteiger partial charge in [0.1, 0.15) is 5.84 Å². The van der Waals surface area contributed by atoms with E-state index in [2.05, 4.69) is 24.8 Å². The molecule has 0 unspecified atom stereocenters. The molecule has 0 aliphatic heterocycles. The molecule has 1 aromatic rings. The summed E-state index contributed by atoms with van der Waals surface area (Å²) in [5.41, 5.74) is 1.22. The highest BCUT2D eigenvalue weighted by Gasteiger charge is 2.01. The molecule has 0 fully saturated rings. The SMILES string of the molecule is CN(Cc1ccccc1)C(=N)CS.Cl. The van der Waals surface area contributed by atoms with Crippen molar-refractivity contribution in [2.45, 2.75) is 6.54 Å². The first-order chi connectivity index (χ1) is 6.24. The predicted molar refractivity (Wildman–Crippen MR) is 66.7 cm³/mol. The standard InChI is InChI=1S/C10H14N2S.ClH/c1-12(10(11)8-13)7-9-5-3-2-4-6-9;/h2-6,11,13H,7-8H2,1H3;1H. The van der Waals surface area contributed by atoms with E-state index in [4.69, 9.17) is 5.41 Å². The van der Waals surface area contributed by atoms with Crippen molar-refractivity contribution >= 4 is 30.9 Å². The van der Waals surface area contributed by atoms with E-state index in [1.807, 2.05) is 30.1 Å². The molecule has 0 aliphatic rings. The van der Waals surface area contributed by atoms with Crippen LogP contribution in [0, 0.1) is 5.41 Å². The Bertz CT molecular complexity index is 277. The van der Waals surface area contributed by atoms with Gasteiger partial charge in [0.25, 0.3) is 0 Å². The van der Waals surface area contributed by atoms with Gasteiger partial charge in [-0.25, -0.2) is 0 Å². The lowest BCUT2D eigenvalue weighted by Gasteiger charge is -2.18. The van der Waals surface area contributed by atoms with Crippen LogP contribution in [0.25, 0.3) is 0 Å². The van der Waals surface area contributed by atoms with E-state index in [0.717, 1.165) is 6.54 Å². The van der Waals surface area contributed by atoms with Crippen molar-refractivity contribution < 1.29 is 0 Å². The van der Waals surface area contributed by atoms with Gasteiger partial charge in [0.2, 0.25) is 0 Å². The van der Waals surface area contributed by atoms with E-state index in [-0.39, 0.29) is 12.4 Å². The zero-order valence-electron chi connectivity index (χ0n) is 8.10. The van der Waals surface area contributed by atoms with Crippen LogP contribution in [0.3, 0.4) is 0 Å². The second-order valence-corrected chi connectivity index (χ2v) is 3.26. The Balaban J connectivity index is 0.00000169. The highest BCUT2D eigenvalue weighted by Crippen LogP contribution is 2.02. The van der Waals surface area contributed by atoms with Gasteiger partial charge in [0.05, 0.1) is 0 Å². The second kappa shape index (κ2) is 6.74. The predicted octanol–water partition coefficient (Wildman–Crippen LogP) is 2.45. The summed E-state index contributed by atoms with van der Waals surface area (Å²) < 4.78 is 0. The molecule has 0 saturated heterocycles. The van der Waals surface area contributed by atoms with E-state index in [9.17, 15) is 0 Å². The van der Waals surface area contributed by atoms with E-state index in [1.165, 1.54) is 5.56 Å². The van der Waals surface area contributed by atoms with Gasteiger partial charge in [-0.05, 0) is 5.56 Å². The Kier molecular flexibility index (Phi) is 6.41. The van der Waals surface area contributed by atoms with E-state index in [1.54, 1.807) is 0 Å². The number of benzene rings is 1. The molecule has 4 heteroatoms. The molecule has 0 saturated carbocycles. The third-order valence-electron chi connectivity index (χ3n) is 1.87. The molecule has 1 aromatic carbocycles. The summed E-state index contributed by atoms with van der Waals surface area (Å²) >= 11 is 4.06. The fourth-order valence-electron chi connectivity index (χ4n) is 1.07. The van der Waals surface area contributed by atoms with Crippen molar-refractivity contribution in [2.75, 3.05) is 12.8 Å². The summed E-state index contributed by atoms with van der Waals surface area (Å²) in [5.74, 6) is 1.04. The molecule has 0 heterocycles. The first-order valence-electron chi connectivity index (χ1n) is 4.17. The van der Waals surface area contributed by atoms with Gasteiger partial charge in [0, 0.05) is 19.3 Å². The van der Waals surface area contributed by atoms with Crippen molar-refractivity contribution in [3.8, 4) is 0 Å². The zero-order chi connectivity index (χ0) is 9.68. The summed E-state index contributed by atoms with van der Waals surface area (Å²) in [4.78, 5) is 1.89. The minimum absolute atomic E-state index is 0. The van der Waals surface area contributed by atoms with Crippen molar-refractivity contribution in [2.24, 2.45) is 0 Å². The van der Waals surface area contributed by atoms with Crippen LogP contribution in [-0.2, 0) is 6.54 Å². The maximum atomic E-state index is 7.54. The molecule has 0 aliphatic carbocycles. The molecule has 14 heavy (non-hydrogen) atoms. The van der Waals surface area contributed by atoms with Crippen LogP contribution in [0.5, 0.6) is 0 Å². The molecule has 0 spiro atoms. The molecule has 0 atom stereocenters. The minimum atomic E-state index is 0. The Hall–Kier alpha value is -0.670. The van der Waals surface area contributed by atoms with Gasteiger partial charge < -0.3 is 4.90 Å². The number of nitrogens with one attached hydrogen (secondary N) is 1. The van der Waals surface area contributed by atoms with Crippen LogP contribution in [0.1, 0.15) is 5.56 Å². The van der Waals surface area contributed by atoms with Gasteiger partial charge in [-0.3, -0.25) is 5.41 Å². The molecular formula is C10H15ClN2S. The van der Waals surface area contributed by atoms with E-state index >= 15 is 0 Å². The van der Waals surface area contributed by atoms with Gasteiger partial charge in [0.15, 0.2) is 0 Å². The average Bonchev–Trinajstić information content (AvgIpc) is 2.18. The Morgan fingerprint density at radius 1 is 1.36 bits per heavy atom. The fraction of sp³-hybridized carbons (Fsp3) is 0.300. The zero-order valence-corrected chi connectivity index (χ0v) is 9.81. The van der Waals surface area contributed by atoms with Crippen LogP contribution in [-0.4, -0.2) is 23.5 Å². The Morgan fingerprint density at radius 2 is 1.93 bits per heavy atom. The first kappa shape index (κ1) is 13.3. The average molecular weight is 231 g/mol. The van der Waals surface area contributed by atoms with Gasteiger partial charge >= 0.3 is 0 Å². The third-order valence-corrected chi connectivity index (χ3v) is 2.17. The molecular weight excluding hydrogens is 216 g/mol. The third kappa shape index (κ3) is 4.03. The fourth-order valence-corrected chi connectivity index (χ4v) is 1.31. The van der Waals surface area contributed by atoms with Crippen molar-refractivity contribution in [1.29, 1.82) is 5.41 Å². The lowest BCUT2D eigenvalue weighted by Crippen LogP contribution is -2.26. The summed E-state index contributed by atoms with van der Waals surface area (Å²) in [6.45, 7) is 0.778. The summed E-state index contributed by atoms with van der Waals surface area (Å²) in [6.07, 6.45) is 0. The molecule has 0 bridgehead atoms. The van der Waals surface area contributed by atoms with E-state index < -0.39 is 0 Å². The normalized spacial score (nSPS) is 9.00. The Morgan fingerprint density at radius 3 is 2.43 bits per heavy atom. The number of hydrogen-bond acceptors (Lipinski definition) is 2. The molecule has 1 rings (SSSR count). The van der Waals surface area contributed by atoms with Gasteiger partial charge in [-0.15, -0.1) is 12.4 Å². The number of amidine groups is 1. The van der Waals surface area contributed by atoms with Gasteiger partial charge in [-0.2, -0.15) is 12.6 Å². The molecule has 2 nitrogen and oxygen atoms in total. The molecule has 0 aromatic heterocycles. The molecule has 0 radical (unpaired) electrons. The highest BCUT2D eigenvalue weighted by molar-refractivity contribution is 7.81. The largest absolute Gasteiger partial charge is 0.359 e. The first-order valence-corrected chi connectivity index (χ1v) is 4.80. The maximum absolute atomic E-state index is 7.54. The topological polar surface area (TPSA) is 27.1 Å². The van der Waals surface area contributed by atoms with Crippen LogP contribution >= 0.6 is 25.0 Å².